The summed E-state index contributed by atoms with van der Waals surface area (Å²) in [5, 5.41) is 3.11. The van der Waals surface area contributed by atoms with Crippen LogP contribution in [-0.2, 0) is 22.9 Å². The zero-order chi connectivity index (χ0) is 24.3. The van der Waals surface area contributed by atoms with E-state index < -0.39 is 10.0 Å². The summed E-state index contributed by atoms with van der Waals surface area (Å²) in [6.07, 6.45) is 5.39. The molecule has 0 aromatic heterocycles. The van der Waals surface area contributed by atoms with E-state index in [0.717, 1.165) is 30.4 Å². The van der Waals surface area contributed by atoms with Gasteiger partial charge in [0.15, 0.2) is 0 Å². The van der Waals surface area contributed by atoms with E-state index in [1.54, 1.807) is 37.3 Å². The highest BCUT2D eigenvalue weighted by Gasteiger charge is 2.21. The molecule has 0 bridgehead atoms. The van der Waals surface area contributed by atoms with Gasteiger partial charge in [0, 0.05) is 11.3 Å². The first-order chi connectivity index (χ1) is 16.3. The van der Waals surface area contributed by atoms with Gasteiger partial charge < -0.3 is 5.32 Å². The van der Waals surface area contributed by atoms with Crippen molar-refractivity contribution in [3.63, 3.8) is 0 Å². The van der Waals surface area contributed by atoms with Gasteiger partial charge in [-0.1, -0.05) is 43.3 Å². The Hall–Kier alpha value is -3.12. The van der Waals surface area contributed by atoms with Gasteiger partial charge in [-0.25, -0.2) is 8.42 Å². The van der Waals surface area contributed by atoms with Gasteiger partial charge in [0.1, 0.15) is 0 Å². The van der Waals surface area contributed by atoms with Crippen molar-refractivity contribution >= 4 is 21.6 Å². The molecule has 0 heterocycles. The van der Waals surface area contributed by atoms with Crippen molar-refractivity contribution in [2.24, 2.45) is 0 Å². The number of amides is 1. The number of anilines is 1. The van der Waals surface area contributed by atoms with E-state index in [1.807, 2.05) is 19.9 Å². The third-order valence-corrected chi connectivity index (χ3v) is 8.02. The number of carbonyl (C=O) groups is 1. The van der Waals surface area contributed by atoms with Crippen LogP contribution in [0.3, 0.4) is 0 Å². The smallest absolute Gasteiger partial charge is 0.262 e. The fraction of sp³-hybridized carbons (Fsp3) is 0.321. The fourth-order valence-electron chi connectivity index (χ4n) is 4.58. The average molecular weight is 477 g/mol. The molecule has 6 heteroatoms. The van der Waals surface area contributed by atoms with Crippen LogP contribution in [0.25, 0.3) is 0 Å². The van der Waals surface area contributed by atoms with Crippen LogP contribution in [0.2, 0.25) is 0 Å². The van der Waals surface area contributed by atoms with E-state index in [9.17, 15) is 13.2 Å². The van der Waals surface area contributed by atoms with Crippen LogP contribution in [0.15, 0.2) is 65.6 Å². The molecule has 1 atom stereocenters. The number of fused-ring (bicyclic) bond motifs is 1. The first kappa shape index (κ1) is 24.0. The molecule has 0 unspecified atom stereocenters. The Morgan fingerprint density at radius 2 is 1.71 bits per heavy atom. The second-order valence-electron chi connectivity index (χ2n) is 9.12. The summed E-state index contributed by atoms with van der Waals surface area (Å²) in [5.74, 6) is -0.281. The van der Waals surface area contributed by atoms with Crippen molar-refractivity contribution in [1.29, 1.82) is 0 Å². The van der Waals surface area contributed by atoms with Gasteiger partial charge in [0.05, 0.1) is 10.9 Å². The Labute approximate surface area is 202 Å². The number of hydrogen-bond acceptors (Lipinski definition) is 3. The summed E-state index contributed by atoms with van der Waals surface area (Å²) in [5.41, 5.74) is 6.24. The summed E-state index contributed by atoms with van der Waals surface area (Å²) in [6.45, 7) is 5.68. The normalized spacial score (nSPS) is 14.2. The van der Waals surface area contributed by atoms with E-state index in [4.69, 9.17) is 0 Å². The predicted molar refractivity (Wildman–Crippen MR) is 137 cm³/mol. The Bertz CT molecular complexity index is 1310. The predicted octanol–water partition coefficient (Wildman–Crippen LogP) is 5.86. The number of sulfonamides is 1. The minimum absolute atomic E-state index is 0.100. The molecule has 0 aliphatic heterocycles. The summed E-state index contributed by atoms with van der Waals surface area (Å²) in [7, 11) is -3.84. The second kappa shape index (κ2) is 10.0. The van der Waals surface area contributed by atoms with Crippen LogP contribution >= 0.6 is 0 Å². The molecule has 178 valence electrons. The molecule has 0 spiro atoms. The van der Waals surface area contributed by atoms with E-state index in [2.05, 4.69) is 28.2 Å². The third-order valence-electron chi connectivity index (χ3n) is 6.50. The summed E-state index contributed by atoms with van der Waals surface area (Å²) >= 11 is 0. The Balaban J connectivity index is 1.56. The number of benzene rings is 3. The van der Waals surface area contributed by atoms with Crippen molar-refractivity contribution in [3.8, 4) is 0 Å². The number of aryl methyl sites for hydroxylation is 4. The molecule has 34 heavy (non-hydrogen) atoms. The van der Waals surface area contributed by atoms with Crippen LogP contribution in [0.5, 0.6) is 0 Å². The number of rotatable bonds is 7. The Morgan fingerprint density at radius 1 is 0.941 bits per heavy atom. The van der Waals surface area contributed by atoms with Gasteiger partial charge in [0.25, 0.3) is 15.9 Å². The summed E-state index contributed by atoms with van der Waals surface area (Å²) < 4.78 is 28.8. The lowest BCUT2D eigenvalue weighted by atomic mass is 9.88. The molecule has 1 aliphatic carbocycles. The SMILES string of the molecule is CC[C@H](NC(=O)c1ccc(C)c(S(=O)(=O)Nc2cccc(C)c2)c1)c1ccc2c(c1)CCCC2. The number of carbonyl (C=O) groups excluding carboxylic acids is 1. The lowest BCUT2D eigenvalue weighted by Gasteiger charge is -2.22. The van der Waals surface area contributed by atoms with Crippen LogP contribution in [-0.4, -0.2) is 14.3 Å². The lowest BCUT2D eigenvalue weighted by molar-refractivity contribution is 0.0935. The van der Waals surface area contributed by atoms with Gasteiger partial charge in [-0.15, -0.1) is 0 Å². The van der Waals surface area contributed by atoms with Crippen molar-refractivity contribution in [2.75, 3.05) is 4.72 Å². The topological polar surface area (TPSA) is 75.3 Å². The van der Waals surface area contributed by atoms with Crippen molar-refractivity contribution in [2.45, 2.75) is 63.8 Å². The molecule has 1 aliphatic rings. The van der Waals surface area contributed by atoms with E-state index in [-0.39, 0.29) is 16.8 Å². The highest BCUT2D eigenvalue weighted by Crippen LogP contribution is 2.27. The van der Waals surface area contributed by atoms with E-state index in [1.165, 1.54) is 30.0 Å². The zero-order valence-corrected chi connectivity index (χ0v) is 20.8. The Morgan fingerprint density at radius 3 is 2.44 bits per heavy atom. The zero-order valence-electron chi connectivity index (χ0n) is 20.0. The van der Waals surface area contributed by atoms with Crippen LogP contribution < -0.4 is 10.0 Å². The quantitative estimate of drug-likeness (QED) is 0.448. The Kier molecular flexibility index (Phi) is 7.08. The second-order valence-corrected chi connectivity index (χ2v) is 10.8. The molecule has 3 aromatic rings. The molecule has 0 radical (unpaired) electrons. The molecular weight excluding hydrogens is 444 g/mol. The highest BCUT2D eigenvalue weighted by molar-refractivity contribution is 7.92. The maximum atomic E-state index is 13.1. The third kappa shape index (κ3) is 5.33. The lowest BCUT2D eigenvalue weighted by Crippen LogP contribution is -2.28. The van der Waals surface area contributed by atoms with Gasteiger partial charge in [-0.3, -0.25) is 9.52 Å². The van der Waals surface area contributed by atoms with Crippen molar-refractivity contribution in [3.05, 3.63) is 94.0 Å². The fourth-order valence-corrected chi connectivity index (χ4v) is 5.90. The molecule has 0 saturated heterocycles. The molecule has 5 nitrogen and oxygen atoms in total. The van der Waals surface area contributed by atoms with Crippen molar-refractivity contribution < 1.29 is 13.2 Å². The van der Waals surface area contributed by atoms with Gasteiger partial charge in [0.2, 0.25) is 0 Å². The van der Waals surface area contributed by atoms with Gasteiger partial charge in [-0.2, -0.15) is 0 Å². The molecule has 2 N–H and O–H groups in total. The molecule has 4 rings (SSSR count). The van der Waals surface area contributed by atoms with E-state index in [0.29, 0.717) is 16.8 Å². The molecule has 0 saturated carbocycles. The standard InChI is InChI=1S/C28H32N2O3S/c1-4-26(23-15-14-21-9-5-6-10-22(21)17-23)29-28(31)24-13-12-20(3)27(18-24)34(32,33)30-25-11-7-8-19(2)16-25/h7-8,11-18,26,30H,4-6,9-10H2,1-3H3,(H,29,31)/t26-/m0/s1. The maximum absolute atomic E-state index is 13.1. The minimum Gasteiger partial charge on any atom is -0.345 e. The molecular formula is C28H32N2O3S. The minimum atomic E-state index is -3.84. The van der Waals surface area contributed by atoms with Crippen LogP contribution in [0, 0.1) is 13.8 Å². The monoisotopic (exact) mass is 476 g/mol. The largest absolute Gasteiger partial charge is 0.345 e. The van der Waals surface area contributed by atoms with Gasteiger partial charge in [-0.05, 0) is 98.0 Å². The van der Waals surface area contributed by atoms with E-state index >= 15 is 0 Å². The highest BCUT2D eigenvalue weighted by atomic mass is 32.2. The molecule has 0 fully saturated rings. The molecule has 1 amide bonds. The van der Waals surface area contributed by atoms with Crippen molar-refractivity contribution in [1.82, 2.24) is 5.32 Å². The first-order valence-electron chi connectivity index (χ1n) is 11.9. The first-order valence-corrected chi connectivity index (χ1v) is 13.4. The van der Waals surface area contributed by atoms with Crippen LogP contribution in [0.4, 0.5) is 5.69 Å². The summed E-state index contributed by atoms with van der Waals surface area (Å²) in [6, 6.07) is 18.4. The molecule has 3 aromatic carbocycles. The summed E-state index contributed by atoms with van der Waals surface area (Å²) in [4.78, 5) is 13.2. The number of nitrogens with one attached hydrogen (secondary N) is 2. The number of hydrogen-bond donors (Lipinski definition) is 2. The maximum Gasteiger partial charge on any atom is 0.262 e. The van der Waals surface area contributed by atoms with Crippen LogP contribution in [0.1, 0.15) is 70.4 Å². The average Bonchev–Trinajstić information content (AvgIpc) is 2.82. The van der Waals surface area contributed by atoms with Gasteiger partial charge >= 0.3 is 0 Å².